The molecule has 0 amide bonds. The van der Waals surface area contributed by atoms with Crippen LogP contribution in [0.2, 0.25) is 0 Å². The number of hydrogen-bond donors (Lipinski definition) is 4. The molecule has 3 rings (SSSR count). The molecule has 13 heteroatoms. The largest absolute Gasteiger partial charge is 0.481 e. The summed E-state index contributed by atoms with van der Waals surface area (Å²) in [5.41, 5.74) is 5.59. The predicted octanol–water partition coefficient (Wildman–Crippen LogP) is 1.16. The predicted molar refractivity (Wildman–Crippen MR) is 129 cm³/mol. The second kappa shape index (κ2) is 8.97. The Bertz CT molecular complexity index is 1290. The molecular weight excluding hydrogens is 484 g/mol. The Morgan fingerprint density at radius 2 is 1.76 bits per heavy atom. The number of fused-ring (bicyclic) bond motifs is 1. The lowest BCUT2D eigenvalue weighted by molar-refractivity contribution is -0.162. The number of carboxylic acids is 2. The Morgan fingerprint density at radius 1 is 1.16 bits per heavy atom. The van der Waals surface area contributed by atoms with Crippen molar-refractivity contribution in [3.8, 4) is 6.07 Å². The zero-order valence-electron chi connectivity index (χ0n) is 21.6. The van der Waals surface area contributed by atoms with Crippen molar-refractivity contribution >= 4 is 29.2 Å². The molecule has 0 bridgehead atoms. The van der Waals surface area contributed by atoms with E-state index in [1.54, 1.807) is 6.07 Å². The van der Waals surface area contributed by atoms with Crippen LogP contribution in [0.3, 0.4) is 0 Å². The van der Waals surface area contributed by atoms with E-state index in [4.69, 9.17) is 20.9 Å². The molecule has 0 aromatic carbocycles. The summed E-state index contributed by atoms with van der Waals surface area (Å²) in [5.74, 6) is -5.56. The second-order valence-corrected chi connectivity index (χ2v) is 11.0. The van der Waals surface area contributed by atoms with Gasteiger partial charge in [-0.1, -0.05) is 0 Å². The fourth-order valence-corrected chi connectivity index (χ4v) is 5.06. The number of anilines is 1. The highest BCUT2D eigenvalue weighted by Gasteiger charge is 2.68. The Kier molecular flexibility index (Phi) is 6.74. The minimum Gasteiger partial charge on any atom is -0.481 e. The number of rotatable bonds is 8. The van der Waals surface area contributed by atoms with Gasteiger partial charge in [0.15, 0.2) is 5.82 Å². The first-order chi connectivity index (χ1) is 16.9. The summed E-state index contributed by atoms with van der Waals surface area (Å²) < 4.78 is 13.0. The van der Waals surface area contributed by atoms with E-state index in [1.807, 2.05) is 0 Å². The van der Waals surface area contributed by atoms with Crippen molar-refractivity contribution in [2.24, 2.45) is 28.4 Å². The van der Waals surface area contributed by atoms with E-state index in [2.05, 4.69) is 16.2 Å². The fourth-order valence-electron chi connectivity index (χ4n) is 5.06. The highest BCUT2D eigenvalue weighted by molar-refractivity contribution is 5.79. The van der Waals surface area contributed by atoms with Crippen LogP contribution in [0.25, 0.3) is 5.52 Å². The van der Waals surface area contributed by atoms with E-state index < -0.39 is 64.4 Å². The molecule has 6 N–H and O–H groups in total. The van der Waals surface area contributed by atoms with Crippen LogP contribution >= 0.6 is 0 Å². The van der Waals surface area contributed by atoms with Gasteiger partial charge in [0.25, 0.3) is 0 Å². The van der Waals surface area contributed by atoms with Crippen LogP contribution in [0.1, 0.15) is 47.2 Å². The maximum atomic E-state index is 12.6. The van der Waals surface area contributed by atoms with Crippen molar-refractivity contribution in [3.63, 3.8) is 0 Å². The van der Waals surface area contributed by atoms with Crippen molar-refractivity contribution < 1.29 is 34.1 Å². The molecule has 200 valence electrons. The van der Waals surface area contributed by atoms with E-state index in [0.29, 0.717) is 5.52 Å². The van der Waals surface area contributed by atoms with Crippen molar-refractivity contribution in [2.45, 2.75) is 58.8 Å². The van der Waals surface area contributed by atoms with Crippen LogP contribution in [0.4, 0.5) is 5.82 Å². The Hall–Kier alpha value is -3.76. The average Bonchev–Trinajstić information content (AvgIpc) is 3.38. The molecule has 13 nitrogen and oxygen atoms in total. The zero-order valence-corrected chi connectivity index (χ0v) is 21.6. The molecule has 3 heterocycles. The number of hydrogen-bond acceptors (Lipinski definition) is 10. The lowest BCUT2D eigenvalue weighted by Crippen LogP contribution is -2.52. The van der Waals surface area contributed by atoms with Crippen LogP contribution in [-0.4, -0.2) is 61.0 Å². The molecule has 1 aliphatic rings. The van der Waals surface area contributed by atoms with E-state index in [0.717, 1.165) is 0 Å². The quantitative estimate of drug-likeness (QED) is 0.363. The summed E-state index contributed by atoms with van der Waals surface area (Å²) in [6.07, 6.45) is -0.0183. The molecule has 0 unspecified atom stereocenters. The summed E-state index contributed by atoms with van der Waals surface area (Å²) in [4.78, 5) is 41.5. The van der Waals surface area contributed by atoms with Crippen molar-refractivity contribution in [1.82, 2.24) is 14.6 Å². The van der Waals surface area contributed by atoms with Gasteiger partial charge in [0.2, 0.25) is 5.60 Å². The second-order valence-electron chi connectivity index (χ2n) is 11.0. The molecule has 2 aromatic heterocycles. The number of esters is 1. The molecule has 1 saturated heterocycles. The van der Waals surface area contributed by atoms with E-state index in [-0.39, 0.29) is 11.5 Å². The first-order valence-corrected chi connectivity index (χ1v) is 11.5. The monoisotopic (exact) mass is 516 g/mol. The number of nitrogens with two attached hydrogens (primary N) is 2. The molecule has 4 atom stereocenters. The number of aromatic nitrogens is 3. The third-order valence-corrected chi connectivity index (χ3v) is 7.18. The zero-order chi connectivity index (χ0) is 28.1. The van der Waals surface area contributed by atoms with Crippen LogP contribution < -0.4 is 11.5 Å². The van der Waals surface area contributed by atoms with Gasteiger partial charge < -0.3 is 31.2 Å². The molecule has 37 heavy (non-hydrogen) atoms. The fraction of sp³-hybridized carbons (Fsp3) is 0.583. The third-order valence-electron chi connectivity index (χ3n) is 7.18. The molecule has 0 radical (unpaired) electrons. The minimum atomic E-state index is -2.03. The van der Waals surface area contributed by atoms with Crippen LogP contribution in [0.5, 0.6) is 0 Å². The summed E-state index contributed by atoms with van der Waals surface area (Å²) >= 11 is 0. The summed E-state index contributed by atoms with van der Waals surface area (Å²) in [5, 5.41) is 35.3. The molecule has 1 fully saturated rings. The molecule has 0 aliphatic carbocycles. The normalized spacial score (nSPS) is 24.5. The standard InChI is InChI=1S/C24H32N6O7/c1-21(2,18(31)32)15-13(9-36-20(35)23(5,6)27)37-24(10-25,16(15)22(3,4)19(33)34)14-8-7-12-17(26)28-11-29-30(12)14/h7-8,11,13,15-16H,9,27H2,1-6H3,(H,31,32)(H,33,34)(H2,26,28,29)/t13-,15+,16+,24-/m0/s1. The number of carbonyl (C=O) groups excluding carboxylic acids is 1. The number of ether oxygens (including phenoxy) is 2. The number of carboxylic acid groups (broad SMARTS) is 2. The van der Waals surface area contributed by atoms with E-state index >= 15 is 0 Å². The van der Waals surface area contributed by atoms with Gasteiger partial charge in [-0.05, 0) is 53.7 Å². The Balaban J connectivity index is 2.32. The number of aliphatic carboxylic acids is 2. The summed E-state index contributed by atoms with van der Waals surface area (Å²) in [6.45, 7) is 8.05. The molecule has 2 aromatic rings. The topological polar surface area (TPSA) is 216 Å². The smallest absolute Gasteiger partial charge is 0.325 e. The van der Waals surface area contributed by atoms with Gasteiger partial charge in [0.05, 0.1) is 22.6 Å². The van der Waals surface area contributed by atoms with Gasteiger partial charge in [-0.25, -0.2) is 9.50 Å². The highest BCUT2D eigenvalue weighted by atomic mass is 16.6. The van der Waals surface area contributed by atoms with Gasteiger partial charge in [0, 0.05) is 11.8 Å². The SMILES string of the molecule is CC(C)(N)C(=O)OC[C@@H]1O[C@@](C#N)(c2ccc3c(N)ncnn23)[C@@H](C(C)(C)C(=O)O)[C@@H]1C(C)(C)C(=O)O. The van der Waals surface area contributed by atoms with Gasteiger partial charge in [0.1, 0.15) is 30.1 Å². The van der Waals surface area contributed by atoms with Crippen molar-refractivity contribution in [1.29, 1.82) is 5.26 Å². The van der Waals surface area contributed by atoms with Crippen molar-refractivity contribution in [2.75, 3.05) is 12.3 Å². The highest BCUT2D eigenvalue weighted by Crippen LogP contribution is 2.59. The third kappa shape index (κ3) is 4.36. The van der Waals surface area contributed by atoms with Gasteiger partial charge in [-0.2, -0.15) is 10.4 Å². The van der Waals surface area contributed by atoms with Crippen LogP contribution in [0, 0.1) is 34.0 Å². The van der Waals surface area contributed by atoms with Crippen LogP contribution in [-0.2, 0) is 29.5 Å². The number of carbonyl (C=O) groups is 3. The van der Waals surface area contributed by atoms with Gasteiger partial charge >= 0.3 is 17.9 Å². The first-order valence-electron chi connectivity index (χ1n) is 11.5. The maximum Gasteiger partial charge on any atom is 0.325 e. The number of nitriles is 1. The number of nitrogen functional groups attached to an aromatic ring is 1. The summed E-state index contributed by atoms with van der Waals surface area (Å²) in [6, 6.07) is 5.19. The maximum absolute atomic E-state index is 12.6. The lowest BCUT2D eigenvalue weighted by atomic mass is 9.57. The summed E-state index contributed by atoms with van der Waals surface area (Å²) in [7, 11) is 0. The van der Waals surface area contributed by atoms with Crippen molar-refractivity contribution in [3.05, 3.63) is 24.2 Å². The Morgan fingerprint density at radius 3 is 2.27 bits per heavy atom. The minimum absolute atomic E-state index is 0.111. The molecule has 0 spiro atoms. The average molecular weight is 517 g/mol. The van der Waals surface area contributed by atoms with E-state index in [1.165, 1.54) is 58.5 Å². The Labute approximate surface area is 213 Å². The molecule has 0 saturated carbocycles. The lowest BCUT2D eigenvalue weighted by Gasteiger charge is -2.42. The van der Waals surface area contributed by atoms with E-state index in [9.17, 15) is 29.9 Å². The molecular formula is C24H32N6O7. The van der Waals surface area contributed by atoms with Gasteiger partial charge in [-0.3, -0.25) is 14.4 Å². The first kappa shape index (κ1) is 27.8. The van der Waals surface area contributed by atoms with Gasteiger partial charge in [-0.15, -0.1) is 0 Å². The van der Waals surface area contributed by atoms with Crippen LogP contribution in [0.15, 0.2) is 18.5 Å². The number of nitrogens with zero attached hydrogens (tertiary/aromatic N) is 4. The molecule has 1 aliphatic heterocycles.